The van der Waals surface area contributed by atoms with Gasteiger partial charge in [-0.15, -0.1) is 0 Å². The summed E-state index contributed by atoms with van der Waals surface area (Å²) in [4.78, 5) is 30.4. The third kappa shape index (κ3) is 4.56. The Kier molecular flexibility index (Phi) is 6.99. The van der Waals surface area contributed by atoms with E-state index in [1.807, 2.05) is 56.3 Å². The van der Waals surface area contributed by atoms with Crippen LogP contribution in [0.1, 0.15) is 42.1 Å². The van der Waals surface area contributed by atoms with Crippen LogP contribution in [0.15, 0.2) is 72.3 Å². The number of carbonyl (C=O) groups is 2. The standard InChI is InChI=1S/C29H29ClN2O3/c1-5-31(6-2)23-14-11-20(12-15-23)26-25(27(33)21-8-7-9-22(30)17-21)28(34)29(35)32(26)24-13-10-18(3)19(4)16-24/h7-17,26,33H,5-6H2,1-4H3/b27-25+. The minimum Gasteiger partial charge on any atom is -0.507 e. The molecule has 1 unspecified atom stereocenters. The van der Waals surface area contributed by atoms with Crippen molar-refractivity contribution in [1.29, 1.82) is 0 Å². The Bertz CT molecular complexity index is 1310. The number of nitrogens with zero attached hydrogens (tertiary/aromatic N) is 2. The summed E-state index contributed by atoms with van der Waals surface area (Å²) in [7, 11) is 0. The predicted molar refractivity (Wildman–Crippen MR) is 142 cm³/mol. The van der Waals surface area contributed by atoms with Gasteiger partial charge < -0.3 is 10.0 Å². The normalized spacial score (nSPS) is 17.2. The van der Waals surface area contributed by atoms with Gasteiger partial charge in [0.2, 0.25) is 0 Å². The van der Waals surface area contributed by atoms with Gasteiger partial charge >= 0.3 is 0 Å². The van der Waals surface area contributed by atoms with Crippen molar-refractivity contribution in [3.05, 3.63) is 99.6 Å². The first-order chi connectivity index (χ1) is 16.8. The molecule has 3 aromatic rings. The SMILES string of the molecule is CCN(CC)c1ccc(C2/C(=C(\O)c3cccc(Cl)c3)C(=O)C(=O)N2c2ccc(C)c(C)c2)cc1. The number of Topliss-reactive ketones (excluding diaryl/α,β-unsaturated/α-hetero) is 1. The molecule has 1 aliphatic rings. The van der Waals surface area contributed by atoms with Crippen molar-refractivity contribution in [2.24, 2.45) is 0 Å². The van der Waals surface area contributed by atoms with Crippen molar-refractivity contribution in [2.75, 3.05) is 22.9 Å². The Hall–Kier alpha value is -3.57. The molecule has 1 aliphatic heterocycles. The highest BCUT2D eigenvalue weighted by atomic mass is 35.5. The molecule has 0 saturated carbocycles. The molecule has 0 radical (unpaired) electrons. The number of ketones is 1. The summed E-state index contributed by atoms with van der Waals surface area (Å²) in [6.07, 6.45) is 0. The fourth-order valence-electron chi connectivity index (χ4n) is 4.54. The van der Waals surface area contributed by atoms with E-state index in [2.05, 4.69) is 18.7 Å². The molecule has 1 saturated heterocycles. The highest BCUT2D eigenvalue weighted by Gasteiger charge is 2.47. The van der Waals surface area contributed by atoms with Gasteiger partial charge in [0.15, 0.2) is 0 Å². The summed E-state index contributed by atoms with van der Waals surface area (Å²) in [6.45, 7) is 9.89. The van der Waals surface area contributed by atoms with Crippen LogP contribution in [0.25, 0.3) is 5.76 Å². The molecule has 0 aliphatic carbocycles. The van der Waals surface area contributed by atoms with Crippen molar-refractivity contribution < 1.29 is 14.7 Å². The van der Waals surface area contributed by atoms with Crippen molar-refractivity contribution >= 4 is 40.4 Å². The number of amides is 1. The van der Waals surface area contributed by atoms with E-state index in [1.165, 1.54) is 4.90 Å². The van der Waals surface area contributed by atoms with Gasteiger partial charge in [-0.25, -0.2) is 0 Å². The Labute approximate surface area is 211 Å². The van der Waals surface area contributed by atoms with E-state index >= 15 is 0 Å². The summed E-state index contributed by atoms with van der Waals surface area (Å²) >= 11 is 6.14. The second kappa shape index (κ2) is 9.96. The number of hydrogen-bond acceptors (Lipinski definition) is 4. The first-order valence-electron chi connectivity index (χ1n) is 11.8. The van der Waals surface area contributed by atoms with Crippen LogP contribution in [0.3, 0.4) is 0 Å². The maximum atomic E-state index is 13.4. The molecule has 180 valence electrons. The second-order valence-corrected chi connectivity index (χ2v) is 9.15. The van der Waals surface area contributed by atoms with Crippen LogP contribution in [0, 0.1) is 13.8 Å². The average Bonchev–Trinajstić information content (AvgIpc) is 3.12. The molecular formula is C29H29ClN2O3. The molecule has 1 heterocycles. The smallest absolute Gasteiger partial charge is 0.300 e. The summed E-state index contributed by atoms with van der Waals surface area (Å²) in [5, 5.41) is 11.7. The number of aryl methyl sites for hydroxylation is 2. The number of aliphatic hydroxyl groups is 1. The minimum absolute atomic E-state index is 0.0473. The molecule has 4 rings (SSSR count). The highest BCUT2D eigenvalue weighted by Crippen LogP contribution is 2.43. The molecule has 0 bridgehead atoms. The first-order valence-corrected chi connectivity index (χ1v) is 12.1. The molecule has 1 atom stereocenters. The van der Waals surface area contributed by atoms with Gasteiger partial charge in [-0.05, 0) is 80.8 Å². The van der Waals surface area contributed by atoms with E-state index in [0.717, 1.165) is 35.5 Å². The number of hydrogen-bond donors (Lipinski definition) is 1. The number of halogens is 1. The molecular weight excluding hydrogens is 460 g/mol. The summed E-state index contributed by atoms with van der Waals surface area (Å²) in [5.41, 5.74) is 4.93. The molecule has 3 aromatic carbocycles. The van der Waals surface area contributed by atoms with Crippen LogP contribution < -0.4 is 9.80 Å². The molecule has 1 fully saturated rings. The van der Waals surface area contributed by atoms with Crippen LogP contribution in [0.2, 0.25) is 5.02 Å². The van der Waals surface area contributed by atoms with Crippen molar-refractivity contribution in [3.63, 3.8) is 0 Å². The zero-order chi connectivity index (χ0) is 25.3. The monoisotopic (exact) mass is 488 g/mol. The lowest BCUT2D eigenvalue weighted by Crippen LogP contribution is -2.29. The van der Waals surface area contributed by atoms with Crippen LogP contribution in [0.4, 0.5) is 11.4 Å². The van der Waals surface area contributed by atoms with E-state index in [-0.39, 0.29) is 11.3 Å². The quantitative estimate of drug-likeness (QED) is 0.247. The van der Waals surface area contributed by atoms with Crippen LogP contribution >= 0.6 is 11.6 Å². The lowest BCUT2D eigenvalue weighted by molar-refractivity contribution is -0.132. The lowest BCUT2D eigenvalue weighted by atomic mass is 9.94. The van der Waals surface area contributed by atoms with Gasteiger partial charge in [0.25, 0.3) is 11.7 Å². The zero-order valence-corrected chi connectivity index (χ0v) is 21.1. The van der Waals surface area contributed by atoms with Crippen LogP contribution in [-0.4, -0.2) is 29.9 Å². The maximum absolute atomic E-state index is 13.4. The lowest BCUT2D eigenvalue weighted by Gasteiger charge is -2.27. The van der Waals surface area contributed by atoms with Crippen LogP contribution in [-0.2, 0) is 9.59 Å². The fourth-order valence-corrected chi connectivity index (χ4v) is 4.73. The second-order valence-electron chi connectivity index (χ2n) is 8.71. The van der Waals surface area contributed by atoms with E-state index in [0.29, 0.717) is 16.3 Å². The Balaban J connectivity index is 1.91. The minimum atomic E-state index is -0.776. The molecule has 0 aromatic heterocycles. The molecule has 1 amide bonds. The maximum Gasteiger partial charge on any atom is 0.300 e. The number of carbonyl (C=O) groups excluding carboxylic acids is 2. The number of benzene rings is 3. The van der Waals surface area contributed by atoms with Crippen molar-refractivity contribution in [2.45, 2.75) is 33.7 Å². The summed E-state index contributed by atoms with van der Waals surface area (Å²) in [6, 6.07) is 19.4. The topological polar surface area (TPSA) is 60.9 Å². The summed E-state index contributed by atoms with van der Waals surface area (Å²) in [5.74, 6) is -1.64. The Morgan fingerprint density at radius 1 is 0.943 bits per heavy atom. The van der Waals surface area contributed by atoms with E-state index in [9.17, 15) is 14.7 Å². The zero-order valence-electron chi connectivity index (χ0n) is 20.4. The molecule has 35 heavy (non-hydrogen) atoms. The third-order valence-corrected chi connectivity index (χ3v) is 6.88. The fraction of sp³-hybridized carbons (Fsp3) is 0.241. The van der Waals surface area contributed by atoms with Crippen molar-refractivity contribution in [1.82, 2.24) is 0 Å². The Morgan fingerprint density at radius 2 is 1.63 bits per heavy atom. The van der Waals surface area contributed by atoms with Gasteiger partial charge in [0, 0.05) is 35.1 Å². The summed E-state index contributed by atoms with van der Waals surface area (Å²) < 4.78 is 0. The molecule has 5 nitrogen and oxygen atoms in total. The number of anilines is 2. The van der Waals surface area contributed by atoms with Gasteiger partial charge in [-0.1, -0.05) is 41.9 Å². The van der Waals surface area contributed by atoms with E-state index in [1.54, 1.807) is 24.3 Å². The number of aliphatic hydroxyl groups excluding tert-OH is 1. The van der Waals surface area contributed by atoms with Gasteiger partial charge in [-0.3, -0.25) is 14.5 Å². The molecule has 0 spiro atoms. The average molecular weight is 489 g/mol. The first kappa shape index (κ1) is 24.6. The number of rotatable bonds is 6. The van der Waals surface area contributed by atoms with Gasteiger partial charge in [0.1, 0.15) is 5.76 Å². The van der Waals surface area contributed by atoms with E-state index in [4.69, 9.17) is 11.6 Å². The van der Waals surface area contributed by atoms with E-state index < -0.39 is 17.7 Å². The van der Waals surface area contributed by atoms with Crippen molar-refractivity contribution in [3.8, 4) is 0 Å². The third-order valence-electron chi connectivity index (χ3n) is 6.65. The highest BCUT2D eigenvalue weighted by molar-refractivity contribution is 6.51. The predicted octanol–water partition coefficient (Wildman–Crippen LogP) is 6.43. The molecule has 6 heteroatoms. The van der Waals surface area contributed by atoms with Crippen LogP contribution in [0.5, 0.6) is 0 Å². The van der Waals surface area contributed by atoms with Gasteiger partial charge in [0.05, 0.1) is 11.6 Å². The Morgan fingerprint density at radius 3 is 2.23 bits per heavy atom. The largest absolute Gasteiger partial charge is 0.507 e. The molecule has 1 N–H and O–H groups in total. The van der Waals surface area contributed by atoms with Gasteiger partial charge in [-0.2, -0.15) is 0 Å².